The van der Waals surface area contributed by atoms with Gasteiger partial charge in [0.05, 0.1) is 12.3 Å². The summed E-state index contributed by atoms with van der Waals surface area (Å²) in [6.45, 7) is 10.7. The summed E-state index contributed by atoms with van der Waals surface area (Å²) in [6.07, 6.45) is 2.72. The van der Waals surface area contributed by atoms with E-state index in [1.54, 1.807) is 31.9 Å². The fourth-order valence-corrected chi connectivity index (χ4v) is 1.66. The van der Waals surface area contributed by atoms with E-state index in [-0.39, 0.29) is 11.8 Å². The Morgan fingerprint density at radius 1 is 1.39 bits per heavy atom. The number of allylic oxidation sites excluding steroid dienone is 3. The second-order valence-electron chi connectivity index (χ2n) is 4.41. The zero-order chi connectivity index (χ0) is 17.7. The lowest BCUT2D eigenvalue weighted by Gasteiger charge is -2.20. The Balaban J connectivity index is 4.51. The molecule has 23 heavy (non-hydrogen) atoms. The minimum Gasteiger partial charge on any atom is -0.450 e. The summed E-state index contributed by atoms with van der Waals surface area (Å²) < 4.78 is 4.96. The van der Waals surface area contributed by atoms with Gasteiger partial charge >= 0.3 is 6.09 Å². The normalized spacial score (nSPS) is 11.7. The molecule has 0 aliphatic carbocycles. The van der Waals surface area contributed by atoms with Gasteiger partial charge in [-0.1, -0.05) is 0 Å². The maximum atomic E-state index is 11.6. The minimum absolute atomic E-state index is 0.213. The Hall–Kier alpha value is -2.35. The summed E-state index contributed by atoms with van der Waals surface area (Å²) >= 11 is 0. The molecule has 0 aromatic carbocycles. The Morgan fingerprint density at radius 2 is 2.09 bits per heavy atom. The van der Waals surface area contributed by atoms with Crippen LogP contribution in [0.1, 0.15) is 20.8 Å². The quantitative estimate of drug-likeness (QED) is 0.305. The predicted molar refractivity (Wildman–Crippen MR) is 91.5 cm³/mol. The van der Waals surface area contributed by atoms with E-state index in [0.29, 0.717) is 37.8 Å². The molecule has 0 aliphatic heterocycles. The highest BCUT2D eigenvalue weighted by Gasteiger charge is 2.11. The third-order valence-electron chi connectivity index (χ3n) is 2.68. The molecule has 3 N–H and O–H groups in total. The molecule has 0 saturated carbocycles. The van der Waals surface area contributed by atoms with Crippen LogP contribution in [0.2, 0.25) is 0 Å². The highest BCUT2D eigenvalue weighted by Crippen LogP contribution is 1.98. The Bertz CT molecular complexity index is 460. The first kappa shape index (κ1) is 20.6. The molecule has 130 valence electrons. The molecule has 1 amide bonds. The van der Waals surface area contributed by atoms with Crippen molar-refractivity contribution in [2.24, 2.45) is 4.99 Å². The molecule has 0 spiro atoms. The summed E-state index contributed by atoms with van der Waals surface area (Å²) in [6, 6.07) is 0. The monoisotopic (exact) mass is 325 g/mol. The van der Waals surface area contributed by atoms with E-state index < -0.39 is 0 Å². The van der Waals surface area contributed by atoms with Crippen molar-refractivity contribution in [3.63, 3.8) is 0 Å². The average Bonchev–Trinajstić information content (AvgIpc) is 2.50. The summed E-state index contributed by atoms with van der Waals surface area (Å²) in [5, 5.41) is 10.9. The maximum Gasteiger partial charge on any atom is 0.409 e. The molecule has 0 rings (SSSR count). The lowest BCUT2D eigenvalue weighted by atomic mass is 10.3. The molecule has 0 fully saturated rings. The number of hydrogen-bond donors (Lipinski definition) is 3. The molecule has 0 bridgehead atoms. The van der Waals surface area contributed by atoms with Gasteiger partial charge in [-0.15, -0.1) is 0 Å². The van der Waals surface area contributed by atoms with Gasteiger partial charge < -0.3 is 25.2 Å². The molecule has 0 aliphatic rings. The molecular formula is C15H27N5O3. The van der Waals surface area contributed by atoms with E-state index in [2.05, 4.69) is 22.5 Å². The fraction of sp³-hybridized carbons (Fsp3) is 0.533. The van der Waals surface area contributed by atoms with Crippen LogP contribution < -0.4 is 10.8 Å². The predicted octanol–water partition coefficient (Wildman–Crippen LogP) is 1.67. The van der Waals surface area contributed by atoms with E-state index in [1.165, 1.54) is 6.08 Å². The third kappa shape index (κ3) is 9.30. The number of hydrogen-bond acceptors (Lipinski definition) is 7. The first-order valence-electron chi connectivity index (χ1n) is 7.42. The summed E-state index contributed by atoms with van der Waals surface area (Å²) in [4.78, 5) is 22.1. The fourth-order valence-electron chi connectivity index (χ4n) is 1.66. The van der Waals surface area contributed by atoms with Gasteiger partial charge in [0, 0.05) is 38.8 Å². The van der Waals surface area contributed by atoms with Crippen molar-refractivity contribution in [3.05, 3.63) is 23.7 Å². The lowest BCUT2D eigenvalue weighted by Crippen LogP contribution is -2.36. The Labute approximate surface area is 137 Å². The van der Waals surface area contributed by atoms with Crippen molar-refractivity contribution in [1.82, 2.24) is 15.7 Å². The van der Waals surface area contributed by atoms with Gasteiger partial charge in [0.25, 0.3) is 0 Å². The van der Waals surface area contributed by atoms with Crippen molar-refractivity contribution in [1.29, 1.82) is 5.41 Å². The number of carbonyl (C=O) groups is 1. The second kappa shape index (κ2) is 12.2. The largest absolute Gasteiger partial charge is 0.450 e. The molecule has 0 unspecified atom stereocenters. The maximum absolute atomic E-state index is 11.6. The number of carbonyl (C=O) groups excluding carboxylic acids is 1. The Kier molecular flexibility index (Phi) is 11.0. The van der Waals surface area contributed by atoms with Crippen molar-refractivity contribution in [3.8, 4) is 0 Å². The molecular weight excluding hydrogens is 298 g/mol. The number of hydroxylamine groups is 1. The van der Waals surface area contributed by atoms with Crippen LogP contribution in [0.5, 0.6) is 0 Å². The van der Waals surface area contributed by atoms with Crippen molar-refractivity contribution in [2.75, 3.05) is 33.3 Å². The van der Waals surface area contributed by atoms with Crippen LogP contribution in [0.25, 0.3) is 0 Å². The van der Waals surface area contributed by atoms with E-state index in [4.69, 9.17) is 15.0 Å². The van der Waals surface area contributed by atoms with Gasteiger partial charge in [0.1, 0.15) is 11.6 Å². The van der Waals surface area contributed by atoms with Crippen LogP contribution in [0.15, 0.2) is 28.7 Å². The van der Waals surface area contributed by atoms with Gasteiger partial charge in [-0.05, 0) is 27.5 Å². The second-order valence-corrected chi connectivity index (χ2v) is 4.41. The number of aliphatic imine (C=N–C) groups is 1. The molecule has 0 radical (unpaired) electrons. The van der Waals surface area contributed by atoms with E-state index in [0.717, 1.165) is 0 Å². The Morgan fingerprint density at radius 3 is 2.61 bits per heavy atom. The molecule has 8 heteroatoms. The zero-order valence-corrected chi connectivity index (χ0v) is 14.3. The lowest BCUT2D eigenvalue weighted by molar-refractivity contribution is 0.109. The number of rotatable bonds is 11. The third-order valence-corrected chi connectivity index (χ3v) is 2.68. The van der Waals surface area contributed by atoms with Gasteiger partial charge in [-0.3, -0.25) is 0 Å². The van der Waals surface area contributed by atoms with Crippen molar-refractivity contribution in [2.45, 2.75) is 20.8 Å². The van der Waals surface area contributed by atoms with E-state index in [1.807, 2.05) is 6.92 Å². The SMILES string of the molecule is C=N/C(=C\C(=N)/C=C(\C)ONC)NCCN(CC)C(=O)OCC. The van der Waals surface area contributed by atoms with Crippen molar-refractivity contribution < 1.29 is 14.4 Å². The zero-order valence-electron chi connectivity index (χ0n) is 14.3. The number of likely N-dealkylation sites (N-methyl/N-ethyl adjacent to an activating group) is 1. The van der Waals surface area contributed by atoms with Gasteiger partial charge in [0.2, 0.25) is 0 Å². The minimum atomic E-state index is -0.343. The molecule has 0 heterocycles. The highest BCUT2D eigenvalue weighted by atomic mass is 16.6. The number of amides is 1. The van der Waals surface area contributed by atoms with Crippen molar-refractivity contribution >= 4 is 18.5 Å². The topological polar surface area (TPSA) is 99.0 Å². The summed E-state index contributed by atoms with van der Waals surface area (Å²) in [5.74, 6) is 1.00. The number of nitrogens with one attached hydrogen (secondary N) is 3. The number of ether oxygens (including phenoxy) is 1. The van der Waals surface area contributed by atoms with E-state index >= 15 is 0 Å². The van der Waals surface area contributed by atoms with Crippen LogP contribution in [0.3, 0.4) is 0 Å². The first-order chi connectivity index (χ1) is 11.0. The molecule has 8 nitrogen and oxygen atoms in total. The van der Waals surface area contributed by atoms with Crippen LogP contribution in [-0.4, -0.2) is 56.7 Å². The van der Waals surface area contributed by atoms with Gasteiger partial charge in [-0.2, -0.15) is 5.48 Å². The van der Waals surface area contributed by atoms with Crippen LogP contribution in [0.4, 0.5) is 4.79 Å². The highest BCUT2D eigenvalue weighted by molar-refractivity contribution is 6.02. The molecule has 0 atom stereocenters. The van der Waals surface area contributed by atoms with Crippen LogP contribution >= 0.6 is 0 Å². The van der Waals surface area contributed by atoms with Crippen LogP contribution in [0, 0.1) is 5.41 Å². The number of nitrogens with zero attached hydrogens (tertiary/aromatic N) is 2. The average molecular weight is 325 g/mol. The molecule has 0 aromatic heterocycles. The van der Waals surface area contributed by atoms with Gasteiger partial charge in [-0.25, -0.2) is 9.79 Å². The summed E-state index contributed by atoms with van der Waals surface area (Å²) in [7, 11) is 1.64. The first-order valence-corrected chi connectivity index (χ1v) is 7.42. The molecule has 0 saturated heterocycles. The summed E-state index contributed by atoms with van der Waals surface area (Å²) in [5.41, 5.74) is 2.74. The smallest absolute Gasteiger partial charge is 0.409 e. The van der Waals surface area contributed by atoms with E-state index in [9.17, 15) is 4.79 Å². The van der Waals surface area contributed by atoms with Gasteiger partial charge in [0.15, 0.2) is 0 Å². The standard InChI is InChI=1S/C15H27N5O3/c1-6-20(15(21)22-7-2)9-8-19-14(17-4)11-13(16)10-12(3)23-18-5/h10-11,16,18-19H,4,6-9H2,1-3,5H3/b12-10+,14-11+,16-13?. The van der Waals surface area contributed by atoms with Crippen LogP contribution in [-0.2, 0) is 9.57 Å². The molecule has 0 aromatic rings.